The molecule has 2 aromatic carbocycles. The highest BCUT2D eigenvalue weighted by atomic mass is 35.5. The van der Waals surface area contributed by atoms with Crippen molar-refractivity contribution in [3.8, 4) is 5.69 Å². The number of benzene rings is 2. The molecule has 1 aromatic heterocycles. The zero-order valence-electron chi connectivity index (χ0n) is 18.2. The Labute approximate surface area is 187 Å². The van der Waals surface area contributed by atoms with Crippen molar-refractivity contribution in [2.24, 2.45) is 0 Å². The van der Waals surface area contributed by atoms with E-state index in [4.69, 9.17) is 11.6 Å². The van der Waals surface area contributed by atoms with E-state index in [0.29, 0.717) is 23.3 Å². The zero-order chi connectivity index (χ0) is 22.5. The lowest BCUT2D eigenvalue weighted by Gasteiger charge is -2.21. The van der Waals surface area contributed by atoms with Crippen molar-refractivity contribution in [3.63, 3.8) is 0 Å². The first kappa shape index (κ1) is 22.7. The van der Waals surface area contributed by atoms with Gasteiger partial charge in [-0.1, -0.05) is 35.9 Å². The molecular formula is C24H27ClN4O2. The molecule has 0 radical (unpaired) electrons. The number of carbonyl (C=O) groups excluding carboxylic acids is 1. The van der Waals surface area contributed by atoms with Gasteiger partial charge < -0.3 is 5.32 Å². The molecule has 3 aromatic rings. The minimum absolute atomic E-state index is 0.143. The standard InChI is InChI=1S/C24H27ClN4O2/c1-16(2)28(4)15-19-7-5-18(6-8-19)14-26-24(31)23-22(30)13-17(3)29(27-23)21-11-9-20(25)10-12-21/h5-13,16H,14-15H2,1-4H3,(H,26,31). The van der Waals surface area contributed by atoms with Crippen molar-refractivity contribution >= 4 is 17.5 Å². The minimum atomic E-state index is -0.503. The van der Waals surface area contributed by atoms with Crippen molar-refractivity contribution in [1.29, 1.82) is 0 Å². The van der Waals surface area contributed by atoms with Crippen LogP contribution in [0.1, 0.15) is 41.2 Å². The van der Waals surface area contributed by atoms with Gasteiger partial charge in [0.05, 0.1) is 5.69 Å². The van der Waals surface area contributed by atoms with Crippen LogP contribution in [0.4, 0.5) is 0 Å². The number of nitrogens with zero attached hydrogens (tertiary/aromatic N) is 3. The Hall–Kier alpha value is -2.96. The molecule has 0 unspecified atom stereocenters. The summed E-state index contributed by atoms with van der Waals surface area (Å²) in [6.45, 7) is 7.26. The van der Waals surface area contributed by atoms with Crippen LogP contribution in [0.5, 0.6) is 0 Å². The van der Waals surface area contributed by atoms with E-state index in [0.717, 1.165) is 17.8 Å². The SMILES string of the molecule is Cc1cc(=O)c(C(=O)NCc2ccc(CN(C)C(C)C)cc2)nn1-c1ccc(Cl)cc1. The second kappa shape index (κ2) is 9.90. The third-order valence-corrected chi connectivity index (χ3v) is 5.44. The van der Waals surface area contributed by atoms with Crippen molar-refractivity contribution < 1.29 is 4.79 Å². The lowest BCUT2D eigenvalue weighted by Crippen LogP contribution is -2.31. The first-order valence-corrected chi connectivity index (χ1v) is 10.6. The van der Waals surface area contributed by atoms with E-state index in [1.807, 2.05) is 12.1 Å². The number of aryl methyl sites for hydroxylation is 1. The van der Waals surface area contributed by atoms with Crippen LogP contribution in [0.15, 0.2) is 59.4 Å². The van der Waals surface area contributed by atoms with E-state index >= 15 is 0 Å². The van der Waals surface area contributed by atoms with E-state index in [-0.39, 0.29) is 5.69 Å². The van der Waals surface area contributed by atoms with Crippen LogP contribution < -0.4 is 10.7 Å². The van der Waals surface area contributed by atoms with Crippen molar-refractivity contribution in [3.05, 3.63) is 92.4 Å². The van der Waals surface area contributed by atoms with Gasteiger partial charge >= 0.3 is 0 Å². The quantitative estimate of drug-likeness (QED) is 0.606. The molecule has 6 nitrogen and oxygen atoms in total. The Morgan fingerprint density at radius 1 is 1.10 bits per heavy atom. The number of hydrogen-bond donors (Lipinski definition) is 1. The minimum Gasteiger partial charge on any atom is -0.346 e. The Kier molecular flexibility index (Phi) is 7.25. The van der Waals surface area contributed by atoms with Crippen molar-refractivity contribution in [2.45, 2.75) is 39.9 Å². The van der Waals surface area contributed by atoms with Crippen LogP contribution in [0.2, 0.25) is 5.02 Å². The van der Waals surface area contributed by atoms with E-state index in [1.165, 1.54) is 11.6 Å². The summed E-state index contributed by atoms with van der Waals surface area (Å²) in [6, 6.07) is 17.0. The van der Waals surface area contributed by atoms with Gasteiger partial charge in [-0.05, 0) is 63.2 Å². The Bertz CT molecular complexity index is 1110. The topological polar surface area (TPSA) is 67.2 Å². The Morgan fingerprint density at radius 2 is 1.71 bits per heavy atom. The molecule has 1 N–H and O–H groups in total. The number of amides is 1. The van der Waals surface area contributed by atoms with Crippen molar-refractivity contribution in [1.82, 2.24) is 20.0 Å². The number of rotatable bonds is 7. The van der Waals surface area contributed by atoms with Crippen molar-refractivity contribution in [2.75, 3.05) is 7.05 Å². The maximum absolute atomic E-state index is 12.7. The predicted molar refractivity (Wildman–Crippen MR) is 124 cm³/mol. The van der Waals surface area contributed by atoms with E-state index < -0.39 is 11.3 Å². The molecule has 3 rings (SSSR count). The normalized spacial score (nSPS) is 11.2. The maximum atomic E-state index is 12.7. The summed E-state index contributed by atoms with van der Waals surface area (Å²) < 4.78 is 1.56. The summed E-state index contributed by atoms with van der Waals surface area (Å²) >= 11 is 5.95. The van der Waals surface area contributed by atoms with Crippen LogP contribution in [0.25, 0.3) is 5.69 Å². The second-order valence-corrected chi connectivity index (χ2v) is 8.33. The largest absolute Gasteiger partial charge is 0.346 e. The molecule has 31 heavy (non-hydrogen) atoms. The molecule has 0 spiro atoms. The van der Waals surface area contributed by atoms with Crippen LogP contribution in [0.3, 0.4) is 0 Å². The van der Waals surface area contributed by atoms with Gasteiger partial charge in [-0.15, -0.1) is 0 Å². The molecular weight excluding hydrogens is 412 g/mol. The average molecular weight is 439 g/mol. The fraction of sp³-hybridized carbons (Fsp3) is 0.292. The summed E-state index contributed by atoms with van der Waals surface area (Å²) in [5, 5.41) is 7.69. The molecule has 7 heteroatoms. The fourth-order valence-corrected chi connectivity index (χ4v) is 3.17. The second-order valence-electron chi connectivity index (χ2n) is 7.89. The molecule has 1 amide bonds. The summed E-state index contributed by atoms with van der Waals surface area (Å²) in [5.41, 5.74) is 2.96. The molecule has 162 valence electrons. The number of nitrogens with one attached hydrogen (secondary N) is 1. The highest BCUT2D eigenvalue weighted by molar-refractivity contribution is 6.30. The summed E-state index contributed by atoms with van der Waals surface area (Å²) in [6.07, 6.45) is 0. The zero-order valence-corrected chi connectivity index (χ0v) is 19.0. The molecule has 0 aliphatic heterocycles. The van der Waals surface area contributed by atoms with Crippen LogP contribution in [-0.4, -0.2) is 33.7 Å². The van der Waals surface area contributed by atoms with Gasteiger partial charge in [0.1, 0.15) is 0 Å². The monoisotopic (exact) mass is 438 g/mol. The first-order chi connectivity index (χ1) is 14.7. The highest BCUT2D eigenvalue weighted by Gasteiger charge is 2.15. The van der Waals surface area contributed by atoms with Crippen LogP contribution in [0, 0.1) is 6.92 Å². The smallest absolute Gasteiger partial charge is 0.276 e. The lowest BCUT2D eigenvalue weighted by molar-refractivity contribution is 0.0943. The molecule has 0 aliphatic carbocycles. The number of halogens is 1. The molecule has 0 saturated carbocycles. The van der Waals surface area contributed by atoms with Crippen LogP contribution in [-0.2, 0) is 13.1 Å². The van der Waals surface area contributed by atoms with Gasteiger partial charge in [-0.25, -0.2) is 4.68 Å². The number of carbonyl (C=O) groups is 1. The Morgan fingerprint density at radius 3 is 2.32 bits per heavy atom. The molecule has 0 aliphatic rings. The lowest BCUT2D eigenvalue weighted by atomic mass is 10.1. The predicted octanol–water partition coefficient (Wildman–Crippen LogP) is 3.96. The van der Waals surface area contributed by atoms with Gasteiger partial charge in [0.25, 0.3) is 5.91 Å². The first-order valence-electron chi connectivity index (χ1n) is 10.2. The van der Waals surface area contributed by atoms with Gasteiger partial charge in [0, 0.05) is 35.9 Å². The van der Waals surface area contributed by atoms with Crippen LogP contribution >= 0.6 is 11.6 Å². The molecule has 0 bridgehead atoms. The molecule has 0 atom stereocenters. The number of aromatic nitrogens is 2. The van der Waals surface area contributed by atoms with Gasteiger partial charge in [0.15, 0.2) is 5.69 Å². The van der Waals surface area contributed by atoms with E-state index in [1.54, 1.807) is 35.9 Å². The average Bonchev–Trinajstić information content (AvgIpc) is 2.74. The molecule has 0 saturated heterocycles. The summed E-state index contributed by atoms with van der Waals surface area (Å²) in [7, 11) is 2.09. The molecule has 1 heterocycles. The molecule has 0 fully saturated rings. The summed E-state index contributed by atoms with van der Waals surface area (Å²) in [5.74, 6) is -0.503. The fourth-order valence-electron chi connectivity index (χ4n) is 3.05. The third kappa shape index (κ3) is 5.81. The maximum Gasteiger partial charge on any atom is 0.276 e. The van der Waals surface area contributed by atoms with Gasteiger partial charge in [0.2, 0.25) is 5.43 Å². The number of hydrogen-bond acceptors (Lipinski definition) is 4. The Balaban J connectivity index is 1.71. The van der Waals surface area contributed by atoms with Gasteiger partial charge in [-0.3, -0.25) is 14.5 Å². The van der Waals surface area contributed by atoms with E-state index in [2.05, 4.69) is 48.3 Å². The van der Waals surface area contributed by atoms with Gasteiger partial charge in [-0.2, -0.15) is 5.10 Å². The summed E-state index contributed by atoms with van der Waals surface area (Å²) in [4.78, 5) is 27.3. The third-order valence-electron chi connectivity index (χ3n) is 5.18. The highest BCUT2D eigenvalue weighted by Crippen LogP contribution is 2.14. The van der Waals surface area contributed by atoms with E-state index in [9.17, 15) is 9.59 Å².